The minimum absolute atomic E-state index is 0.153. The average molecular weight is 396 g/mol. The Morgan fingerprint density at radius 2 is 1.70 bits per heavy atom. The number of benzene rings is 4. The molecule has 1 heterocycles. The van der Waals surface area contributed by atoms with E-state index < -0.39 is 5.97 Å². The molecule has 0 saturated heterocycles. The van der Waals surface area contributed by atoms with Gasteiger partial charge in [0, 0.05) is 28.0 Å². The number of fused-ring (bicyclic) bond motifs is 4. The SMILES string of the molecule is COC(=O)c1ccccc1-c1c2ccc(=O)cc-2oc2c1ccc1cc(O)ccc12. The Morgan fingerprint density at radius 1 is 0.900 bits per heavy atom. The molecule has 0 unspecified atom stereocenters. The van der Waals surface area contributed by atoms with Gasteiger partial charge in [-0.1, -0.05) is 24.3 Å². The summed E-state index contributed by atoms with van der Waals surface area (Å²) >= 11 is 0. The Hall–Kier alpha value is -4.12. The summed E-state index contributed by atoms with van der Waals surface area (Å²) in [6.07, 6.45) is 0. The number of hydrogen-bond acceptors (Lipinski definition) is 5. The van der Waals surface area contributed by atoms with Crippen LogP contribution >= 0.6 is 0 Å². The lowest BCUT2D eigenvalue weighted by Gasteiger charge is -2.18. The molecule has 0 bridgehead atoms. The van der Waals surface area contributed by atoms with E-state index in [1.54, 1.807) is 36.4 Å². The lowest BCUT2D eigenvalue weighted by Crippen LogP contribution is -2.05. The largest absolute Gasteiger partial charge is 0.508 e. The monoisotopic (exact) mass is 396 g/mol. The lowest BCUT2D eigenvalue weighted by atomic mass is 9.90. The van der Waals surface area contributed by atoms with Crippen molar-refractivity contribution >= 4 is 27.7 Å². The quantitative estimate of drug-likeness (QED) is 0.252. The first kappa shape index (κ1) is 17.9. The minimum atomic E-state index is -0.446. The maximum absolute atomic E-state index is 12.5. The van der Waals surface area contributed by atoms with E-state index in [2.05, 4.69) is 0 Å². The third-order valence-electron chi connectivity index (χ3n) is 5.26. The Labute approximate surface area is 171 Å². The summed E-state index contributed by atoms with van der Waals surface area (Å²) < 4.78 is 11.2. The van der Waals surface area contributed by atoms with Crippen LogP contribution in [0.4, 0.5) is 0 Å². The van der Waals surface area contributed by atoms with Gasteiger partial charge in [0.15, 0.2) is 5.43 Å². The van der Waals surface area contributed by atoms with Crippen LogP contribution in [-0.4, -0.2) is 18.2 Å². The van der Waals surface area contributed by atoms with Gasteiger partial charge in [-0.25, -0.2) is 4.79 Å². The zero-order valence-electron chi connectivity index (χ0n) is 16.0. The van der Waals surface area contributed by atoms with Crippen molar-refractivity contribution in [2.24, 2.45) is 0 Å². The van der Waals surface area contributed by atoms with Gasteiger partial charge in [-0.05, 0) is 53.4 Å². The summed E-state index contributed by atoms with van der Waals surface area (Å²) in [5.41, 5.74) is 3.01. The van der Waals surface area contributed by atoms with Crippen LogP contribution in [0.15, 0.2) is 82.0 Å². The highest BCUT2D eigenvalue weighted by Gasteiger charge is 2.22. The second-order valence-electron chi connectivity index (χ2n) is 7.02. The first-order valence-electron chi connectivity index (χ1n) is 9.37. The van der Waals surface area contributed by atoms with Crippen LogP contribution in [0.3, 0.4) is 0 Å². The number of carbonyl (C=O) groups is 1. The maximum atomic E-state index is 12.5. The smallest absolute Gasteiger partial charge is 0.338 e. The Bertz CT molecular complexity index is 1480. The molecule has 30 heavy (non-hydrogen) atoms. The molecule has 0 radical (unpaired) electrons. The highest BCUT2D eigenvalue weighted by molar-refractivity contribution is 6.14. The summed E-state index contributed by atoms with van der Waals surface area (Å²) in [6, 6.07) is 20.6. The van der Waals surface area contributed by atoms with E-state index in [1.165, 1.54) is 19.2 Å². The number of aromatic hydroxyl groups is 1. The molecular weight excluding hydrogens is 380 g/mol. The molecule has 3 aromatic carbocycles. The van der Waals surface area contributed by atoms with Gasteiger partial charge in [0.25, 0.3) is 0 Å². The summed E-state index contributed by atoms with van der Waals surface area (Å²) in [6.45, 7) is 0. The second-order valence-corrected chi connectivity index (χ2v) is 7.02. The van der Waals surface area contributed by atoms with Gasteiger partial charge in [-0.2, -0.15) is 0 Å². The summed E-state index contributed by atoms with van der Waals surface area (Å²) in [4.78, 5) is 24.5. The molecule has 0 amide bonds. The number of phenolic OH excluding ortho intramolecular Hbond substituents is 1. The van der Waals surface area contributed by atoms with Crippen LogP contribution in [-0.2, 0) is 4.74 Å². The van der Waals surface area contributed by atoms with Crippen LogP contribution in [0.1, 0.15) is 10.4 Å². The number of rotatable bonds is 2. The number of phenols is 1. The van der Waals surface area contributed by atoms with Gasteiger partial charge in [-0.15, -0.1) is 0 Å². The van der Waals surface area contributed by atoms with Gasteiger partial charge in [-0.3, -0.25) is 4.79 Å². The number of carbonyl (C=O) groups excluding carboxylic acids is 1. The molecule has 1 aliphatic heterocycles. The van der Waals surface area contributed by atoms with Crippen LogP contribution in [0.25, 0.3) is 44.2 Å². The van der Waals surface area contributed by atoms with Gasteiger partial charge >= 0.3 is 5.97 Å². The van der Waals surface area contributed by atoms with Crippen molar-refractivity contribution in [3.05, 3.63) is 88.6 Å². The molecule has 0 aromatic heterocycles. The number of ether oxygens (including phenoxy) is 1. The third kappa shape index (κ3) is 2.71. The van der Waals surface area contributed by atoms with E-state index in [0.29, 0.717) is 22.5 Å². The standard InChI is InChI=1S/C25H16O5/c1-29-25(28)19-5-3-2-4-18(19)23-20-11-8-16(27)13-22(20)30-24-17-10-7-15(26)12-14(17)6-9-21(23)24/h2-13,26H,1H3. The van der Waals surface area contributed by atoms with Crippen molar-refractivity contribution in [3.8, 4) is 28.2 Å². The van der Waals surface area contributed by atoms with Crippen LogP contribution in [0.5, 0.6) is 5.75 Å². The molecule has 1 aliphatic carbocycles. The van der Waals surface area contributed by atoms with Crippen molar-refractivity contribution in [1.29, 1.82) is 0 Å². The summed E-state index contributed by atoms with van der Waals surface area (Å²) in [5.74, 6) is 0.129. The predicted octanol–water partition coefficient (Wildman–Crippen LogP) is 5.21. The molecule has 2 aliphatic rings. The normalized spacial score (nSPS) is 11.2. The first-order chi connectivity index (χ1) is 14.6. The predicted molar refractivity (Wildman–Crippen MR) is 115 cm³/mol. The van der Waals surface area contributed by atoms with E-state index in [1.807, 2.05) is 24.3 Å². The van der Waals surface area contributed by atoms with E-state index >= 15 is 0 Å². The van der Waals surface area contributed by atoms with E-state index in [4.69, 9.17) is 9.15 Å². The van der Waals surface area contributed by atoms with Crippen LogP contribution in [0.2, 0.25) is 0 Å². The molecule has 0 saturated carbocycles. The third-order valence-corrected chi connectivity index (χ3v) is 5.26. The second kappa shape index (κ2) is 6.74. The number of methoxy groups -OCH3 is 1. The molecule has 1 N–H and O–H groups in total. The van der Waals surface area contributed by atoms with Crippen molar-refractivity contribution in [2.75, 3.05) is 7.11 Å². The van der Waals surface area contributed by atoms with E-state index in [-0.39, 0.29) is 11.2 Å². The highest BCUT2D eigenvalue weighted by Crippen LogP contribution is 2.43. The number of hydrogen-bond donors (Lipinski definition) is 1. The van der Waals surface area contributed by atoms with Gasteiger partial charge in [0.05, 0.1) is 12.7 Å². The Morgan fingerprint density at radius 3 is 2.53 bits per heavy atom. The average Bonchev–Trinajstić information content (AvgIpc) is 2.76. The van der Waals surface area contributed by atoms with E-state index in [0.717, 1.165) is 27.3 Å². The van der Waals surface area contributed by atoms with Crippen molar-refractivity contribution in [2.45, 2.75) is 0 Å². The van der Waals surface area contributed by atoms with Crippen molar-refractivity contribution in [1.82, 2.24) is 0 Å². The molecule has 3 aromatic rings. The van der Waals surface area contributed by atoms with E-state index in [9.17, 15) is 14.7 Å². The minimum Gasteiger partial charge on any atom is -0.508 e. The number of esters is 1. The lowest BCUT2D eigenvalue weighted by molar-refractivity contribution is 0.0601. The van der Waals surface area contributed by atoms with Crippen LogP contribution < -0.4 is 5.43 Å². The summed E-state index contributed by atoms with van der Waals surface area (Å²) in [5, 5.41) is 12.2. The Kier molecular flexibility index (Phi) is 4.03. The molecular formula is C25H16O5. The Balaban J connectivity index is 2.00. The van der Waals surface area contributed by atoms with Crippen molar-refractivity contribution in [3.63, 3.8) is 0 Å². The molecule has 0 spiro atoms. The first-order valence-corrected chi connectivity index (χ1v) is 9.37. The topological polar surface area (TPSA) is 76.7 Å². The fraction of sp³-hybridized carbons (Fsp3) is 0.0400. The molecule has 5 nitrogen and oxygen atoms in total. The molecule has 146 valence electrons. The van der Waals surface area contributed by atoms with Gasteiger partial charge < -0.3 is 14.3 Å². The van der Waals surface area contributed by atoms with Crippen LogP contribution in [0, 0.1) is 0 Å². The zero-order chi connectivity index (χ0) is 20.8. The van der Waals surface area contributed by atoms with Gasteiger partial charge in [0.2, 0.25) is 0 Å². The van der Waals surface area contributed by atoms with Crippen molar-refractivity contribution < 1.29 is 19.1 Å². The molecule has 0 atom stereocenters. The fourth-order valence-corrected chi connectivity index (χ4v) is 3.92. The molecule has 0 fully saturated rings. The fourth-order valence-electron chi connectivity index (χ4n) is 3.92. The summed E-state index contributed by atoms with van der Waals surface area (Å²) in [7, 11) is 1.35. The molecule has 5 heteroatoms. The van der Waals surface area contributed by atoms with Gasteiger partial charge in [0.1, 0.15) is 17.1 Å². The molecule has 5 rings (SSSR count). The zero-order valence-corrected chi connectivity index (χ0v) is 16.0. The highest BCUT2D eigenvalue weighted by atomic mass is 16.5. The maximum Gasteiger partial charge on any atom is 0.338 e.